The van der Waals surface area contributed by atoms with Crippen LogP contribution in [-0.4, -0.2) is 32.7 Å². The Labute approximate surface area is 168 Å². The maximum atomic E-state index is 5.26. The molecule has 0 aliphatic rings. The van der Waals surface area contributed by atoms with Gasteiger partial charge in [0, 0.05) is 19.6 Å². The Kier molecular flexibility index (Phi) is 10.7. The molecule has 25 heavy (non-hydrogen) atoms. The van der Waals surface area contributed by atoms with E-state index in [-0.39, 0.29) is 24.0 Å². The standard InChI is InChI=1S/C20H27N3O.HI/c1-3-21-20(22-14-12-17-8-5-4-6-9-17)23-15-13-18-10-7-11-19(16-18)24-2;/h4-11,16H,3,12-15H2,1-2H3,(H2,21,22,23);1H. The van der Waals surface area contributed by atoms with E-state index in [4.69, 9.17) is 4.74 Å². The Hall–Kier alpha value is -1.76. The lowest BCUT2D eigenvalue weighted by Crippen LogP contribution is -2.38. The molecule has 0 amide bonds. The number of guanidine groups is 1. The maximum absolute atomic E-state index is 5.26. The van der Waals surface area contributed by atoms with Crippen molar-refractivity contribution < 1.29 is 4.74 Å². The lowest BCUT2D eigenvalue weighted by atomic mass is 10.1. The topological polar surface area (TPSA) is 45.7 Å². The van der Waals surface area contributed by atoms with Crippen molar-refractivity contribution in [3.05, 3.63) is 65.7 Å². The molecule has 0 saturated carbocycles. The number of rotatable bonds is 8. The average molecular weight is 453 g/mol. The highest BCUT2D eigenvalue weighted by atomic mass is 127. The van der Waals surface area contributed by atoms with Gasteiger partial charge in [-0.1, -0.05) is 42.5 Å². The third-order valence-corrected chi connectivity index (χ3v) is 3.70. The van der Waals surface area contributed by atoms with E-state index < -0.39 is 0 Å². The van der Waals surface area contributed by atoms with Gasteiger partial charge in [0.15, 0.2) is 5.96 Å². The van der Waals surface area contributed by atoms with Crippen molar-refractivity contribution in [2.45, 2.75) is 19.8 Å². The van der Waals surface area contributed by atoms with E-state index in [0.717, 1.165) is 44.2 Å². The summed E-state index contributed by atoms with van der Waals surface area (Å²) < 4.78 is 5.26. The van der Waals surface area contributed by atoms with Crippen LogP contribution >= 0.6 is 24.0 Å². The fourth-order valence-corrected chi connectivity index (χ4v) is 2.44. The van der Waals surface area contributed by atoms with E-state index in [9.17, 15) is 0 Å². The summed E-state index contributed by atoms with van der Waals surface area (Å²) >= 11 is 0. The minimum absolute atomic E-state index is 0. The summed E-state index contributed by atoms with van der Waals surface area (Å²) in [6.45, 7) is 4.55. The second-order valence-corrected chi connectivity index (χ2v) is 5.52. The largest absolute Gasteiger partial charge is 0.497 e. The quantitative estimate of drug-likeness (QED) is 0.365. The molecule has 0 saturated heterocycles. The van der Waals surface area contributed by atoms with E-state index in [0.29, 0.717) is 0 Å². The van der Waals surface area contributed by atoms with Crippen LogP contribution in [0.5, 0.6) is 5.75 Å². The number of nitrogens with one attached hydrogen (secondary N) is 2. The van der Waals surface area contributed by atoms with Crippen molar-refractivity contribution in [1.29, 1.82) is 0 Å². The third kappa shape index (κ3) is 8.25. The molecule has 2 N–H and O–H groups in total. The van der Waals surface area contributed by atoms with Gasteiger partial charge in [0.1, 0.15) is 5.75 Å². The molecule has 0 radical (unpaired) electrons. The molecule has 2 aromatic rings. The maximum Gasteiger partial charge on any atom is 0.191 e. The Balaban J connectivity index is 0.00000312. The predicted molar refractivity (Wildman–Crippen MR) is 116 cm³/mol. The average Bonchev–Trinajstić information content (AvgIpc) is 2.63. The zero-order chi connectivity index (χ0) is 17.0. The number of ether oxygens (including phenoxy) is 1. The number of benzene rings is 2. The number of halogens is 1. The van der Waals surface area contributed by atoms with Crippen molar-refractivity contribution in [1.82, 2.24) is 10.6 Å². The number of hydrogen-bond donors (Lipinski definition) is 2. The van der Waals surface area contributed by atoms with Gasteiger partial charge in [0.25, 0.3) is 0 Å². The first-order valence-electron chi connectivity index (χ1n) is 8.51. The summed E-state index contributed by atoms with van der Waals surface area (Å²) in [5, 5.41) is 6.68. The highest BCUT2D eigenvalue weighted by Gasteiger charge is 1.99. The summed E-state index contributed by atoms with van der Waals surface area (Å²) in [6.07, 6.45) is 1.88. The van der Waals surface area contributed by atoms with Crippen LogP contribution in [0, 0.1) is 0 Å². The van der Waals surface area contributed by atoms with Crippen LogP contribution in [0.15, 0.2) is 59.6 Å². The molecule has 4 nitrogen and oxygen atoms in total. The number of nitrogens with zero attached hydrogens (tertiary/aromatic N) is 1. The highest BCUT2D eigenvalue weighted by molar-refractivity contribution is 14.0. The molecule has 0 heterocycles. The van der Waals surface area contributed by atoms with E-state index in [2.05, 4.69) is 58.9 Å². The minimum Gasteiger partial charge on any atom is -0.497 e. The molecule has 0 unspecified atom stereocenters. The Morgan fingerprint density at radius 3 is 2.44 bits per heavy atom. The van der Waals surface area contributed by atoms with Crippen LogP contribution in [0.4, 0.5) is 0 Å². The van der Waals surface area contributed by atoms with Crippen LogP contribution in [0.3, 0.4) is 0 Å². The highest BCUT2D eigenvalue weighted by Crippen LogP contribution is 2.12. The summed E-state index contributed by atoms with van der Waals surface area (Å²) in [6, 6.07) is 18.6. The van der Waals surface area contributed by atoms with Gasteiger partial charge >= 0.3 is 0 Å². The van der Waals surface area contributed by atoms with E-state index in [1.807, 2.05) is 18.2 Å². The number of aliphatic imine (C=N–C) groups is 1. The van der Waals surface area contributed by atoms with E-state index in [1.54, 1.807) is 7.11 Å². The normalized spacial score (nSPS) is 10.7. The lowest BCUT2D eigenvalue weighted by Gasteiger charge is -2.11. The number of methoxy groups -OCH3 is 1. The third-order valence-electron chi connectivity index (χ3n) is 3.70. The van der Waals surface area contributed by atoms with Gasteiger partial charge in [-0.15, -0.1) is 24.0 Å². The fraction of sp³-hybridized carbons (Fsp3) is 0.350. The van der Waals surface area contributed by atoms with Gasteiger partial charge in [-0.05, 0) is 43.0 Å². The van der Waals surface area contributed by atoms with Crippen molar-refractivity contribution in [3.63, 3.8) is 0 Å². The van der Waals surface area contributed by atoms with Gasteiger partial charge in [0.05, 0.1) is 7.11 Å². The Morgan fingerprint density at radius 1 is 0.960 bits per heavy atom. The first-order valence-corrected chi connectivity index (χ1v) is 8.51. The van der Waals surface area contributed by atoms with Gasteiger partial charge in [-0.2, -0.15) is 0 Å². The van der Waals surface area contributed by atoms with Crippen molar-refractivity contribution in [2.24, 2.45) is 4.99 Å². The van der Waals surface area contributed by atoms with Crippen LogP contribution in [0.1, 0.15) is 18.1 Å². The second-order valence-electron chi connectivity index (χ2n) is 5.52. The van der Waals surface area contributed by atoms with Crippen LogP contribution in [-0.2, 0) is 12.8 Å². The molecule has 0 atom stereocenters. The van der Waals surface area contributed by atoms with Crippen LogP contribution in [0.25, 0.3) is 0 Å². The van der Waals surface area contributed by atoms with Gasteiger partial charge < -0.3 is 15.4 Å². The fourth-order valence-electron chi connectivity index (χ4n) is 2.44. The zero-order valence-corrected chi connectivity index (χ0v) is 17.3. The van der Waals surface area contributed by atoms with Crippen molar-refractivity contribution >= 4 is 29.9 Å². The van der Waals surface area contributed by atoms with Gasteiger partial charge in [0.2, 0.25) is 0 Å². The first-order chi connectivity index (χ1) is 11.8. The smallest absolute Gasteiger partial charge is 0.191 e. The molecule has 0 spiro atoms. The first kappa shape index (κ1) is 21.3. The zero-order valence-electron chi connectivity index (χ0n) is 15.0. The second kappa shape index (κ2) is 12.6. The summed E-state index contributed by atoms with van der Waals surface area (Å²) in [7, 11) is 1.69. The summed E-state index contributed by atoms with van der Waals surface area (Å²) in [4.78, 5) is 4.64. The van der Waals surface area contributed by atoms with Crippen LogP contribution in [0.2, 0.25) is 0 Å². The molecule has 0 aliphatic heterocycles. The molecule has 0 aliphatic carbocycles. The number of hydrogen-bond acceptors (Lipinski definition) is 2. The predicted octanol–water partition coefficient (Wildman–Crippen LogP) is 3.65. The molecule has 0 aromatic heterocycles. The molecule has 0 fully saturated rings. The SMILES string of the molecule is CCNC(=NCCc1ccccc1)NCCc1cccc(OC)c1.I. The molecular weight excluding hydrogens is 425 g/mol. The monoisotopic (exact) mass is 453 g/mol. The van der Waals surface area contributed by atoms with Crippen molar-refractivity contribution in [2.75, 3.05) is 26.7 Å². The summed E-state index contributed by atoms with van der Waals surface area (Å²) in [5.74, 6) is 1.77. The Morgan fingerprint density at radius 2 is 1.72 bits per heavy atom. The van der Waals surface area contributed by atoms with Gasteiger partial charge in [-0.3, -0.25) is 4.99 Å². The molecule has 136 valence electrons. The minimum atomic E-state index is 0. The van der Waals surface area contributed by atoms with E-state index >= 15 is 0 Å². The molecule has 0 bridgehead atoms. The molecular formula is C20H28IN3O. The Bertz CT molecular complexity index is 632. The van der Waals surface area contributed by atoms with Crippen LogP contribution < -0.4 is 15.4 Å². The summed E-state index contributed by atoms with van der Waals surface area (Å²) in [5.41, 5.74) is 2.57. The molecule has 2 rings (SSSR count). The van der Waals surface area contributed by atoms with Gasteiger partial charge in [-0.25, -0.2) is 0 Å². The molecule has 5 heteroatoms. The lowest BCUT2D eigenvalue weighted by molar-refractivity contribution is 0.414. The van der Waals surface area contributed by atoms with Crippen molar-refractivity contribution in [3.8, 4) is 5.75 Å². The van der Waals surface area contributed by atoms with E-state index in [1.165, 1.54) is 11.1 Å². The molecule has 2 aromatic carbocycles.